The monoisotopic (exact) mass is 326 g/mol. The lowest BCUT2D eigenvalue weighted by Gasteiger charge is -2.38. The van der Waals surface area contributed by atoms with Crippen LogP contribution in [-0.4, -0.2) is 29.8 Å². The van der Waals surface area contributed by atoms with E-state index in [0.717, 1.165) is 24.8 Å². The summed E-state index contributed by atoms with van der Waals surface area (Å²) in [7, 11) is 0. The van der Waals surface area contributed by atoms with Crippen LogP contribution in [0.4, 0.5) is 13.2 Å². The molecule has 3 aliphatic rings. The normalized spacial score (nSPS) is 24.4. The van der Waals surface area contributed by atoms with Gasteiger partial charge in [-0.05, 0) is 44.1 Å². The van der Waals surface area contributed by atoms with E-state index >= 15 is 0 Å². The van der Waals surface area contributed by atoms with Gasteiger partial charge in [0.1, 0.15) is 11.3 Å². The number of nitrogens with zero attached hydrogens (tertiary/aromatic N) is 2. The van der Waals surface area contributed by atoms with Crippen LogP contribution in [0.25, 0.3) is 0 Å². The van der Waals surface area contributed by atoms with Gasteiger partial charge in [0.05, 0.1) is 6.07 Å². The highest BCUT2D eigenvalue weighted by atomic mass is 19.4. The first kappa shape index (κ1) is 16.2. The number of alkyl halides is 3. The second-order valence-electron chi connectivity index (χ2n) is 7.02. The molecular weight excluding hydrogens is 305 g/mol. The molecule has 23 heavy (non-hydrogen) atoms. The van der Waals surface area contributed by atoms with Crippen LogP contribution in [0.15, 0.2) is 23.6 Å². The zero-order valence-corrected chi connectivity index (χ0v) is 13.2. The van der Waals surface area contributed by atoms with E-state index in [1.165, 1.54) is 12.8 Å². The Balaban J connectivity index is 1.74. The Bertz CT molecular complexity index is 567. The minimum atomic E-state index is -4.33. The topological polar surface area (TPSA) is 36.3 Å². The van der Waals surface area contributed by atoms with Crippen molar-refractivity contribution < 1.29 is 17.9 Å². The molecule has 0 amide bonds. The number of allylic oxidation sites excluding steroid dienone is 1. The number of hydrogen-bond acceptors (Lipinski definition) is 3. The number of nitriles is 1. The van der Waals surface area contributed by atoms with Crippen LogP contribution >= 0.6 is 0 Å². The SMILES string of the molecule is CC(C#N)(CC1CC1)N1C=C(C2CC2)C(OCC(F)(F)F)=CC1. The lowest BCUT2D eigenvalue weighted by atomic mass is 9.92. The summed E-state index contributed by atoms with van der Waals surface area (Å²) in [6.45, 7) is 1.07. The molecule has 0 aromatic rings. The minimum absolute atomic E-state index is 0.265. The summed E-state index contributed by atoms with van der Waals surface area (Å²) >= 11 is 0. The highest BCUT2D eigenvalue weighted by Crippen LogP contribution is 2.44. The molecule has 3 nitrogen and oxygen atoms in total. The summed E-state index contributed by atoms with van der Waals surface area (Å²) in [6, 6.07) is 2.40. The van der Waals surface area contributed by atoms with Gasteiger partial charge in [0.15, 0.2) is 6.61 Å². The van der Waals surface area contributed by atoms with Crippen molar-refractivity contribution in [1.82, 2.24) is 4.90 Å². The molecule has 1 atom stereocenters. The molecule has 1 aliphatic heterocycles. The average molecular weight is 326 g/mol. The fraction of sp³-hybridized carbons (Fsp3) is 0.706. The summed E-state index contributed by atoms with van der Waals surface area (Å²) in [5, 5.41) is 9.61. The lowest BCUT2D eigenvalue weighted by Crippen LogP contribution is -2.44. The summed E-state index contributed by atoms with van der Waals surface area (Å²) in [5.74, 6) is 1.21. The molecule has 0 aromatic carbocycles. The Morgan fingerprint density at radius 2 is 2.00 bits per heavy atom. The third kappa shape index (κ3) is 4.01. The molecule has 1 unspecified atom stereocenters. The third-order valence-electron chi connectivity index (χ3n) is 4.72. The van der Waals surface area contributed by atoms with Gasteiger partial charge in [-0.1, -0.05) is 12.8 Å². The predicted molar refractivity (Wildman–Crippen MR) is 79.0 cm³/mol. The molecule has 0 aromatic heterocycles. The maximum Gasteiger partial charge on any atom is 0.422 e. The Morgan fingerprint density at radius 3 is 2.52 bits per heavy atom. The molecule has 0 N–H and O–H groups in total. The Kier molecular flexibility index (Phi) is 4.07. The van der Waals surface area contributed by atoms with Gasteiger partial charge < -0.3 is 9.64 Å². The van der Waals surface area contributed by atoms with Crippen LogP contribution in [0.5, 0.6) is 0 Å². The molecule has 0 bridgehead atoms. The van der Waals surface area contributed by atoms with Gasteiger partial charge in [-0.2, -0.15) is 18.4 Å². The summed E-state index contributed by atoms with van der Waals surface area (Å²) in [6.07, 6.45) is 4.32. The van der Waals surface area contributed by atoms with E-state index in [1.54, 1.807) is 6.08 Å². The van der Waals surface area contributed by atoms with Gasteiger partial charge in [-0.25, -0.2) is 0 Å². The van der Waals surface area contributed by atoms with Gasteiger partial charge in [0.2, 0.25) is 0 Å². The molecule has 0 radical (unpaired) electrons. The fourth-order valence-electron chi connectivity index (χ4n) is 3.04. The van der Waals surface area contributed by atoms with Gasteiger partial charge in [-0.15, -0.1) is 0 Å². The van der Waals surface area contributed by atoms with Crippen molar-refractivity contribution in [2.24, 2.45) is 11.8 Å². The van der Waals surface area contributed by atoms with Crippen LogP contribution in [0, 0.1) is 23.2 Å². The molecule has 3 rings (SSSR count). The Labute approximate surface area is 134 Å². The molecule has 6 heteroatoms. The maximum atomic E-state index is 12.4. The zero-order chi connectivity index (χ0) is 16.7. The van der Waals surface area contributed by atoms with Crippen LogP contribution < -0.4 is 0 Å². The van der Waals surface area contributed by atoms with Gasteiger partial charge in [0.25, 0.3) is 0 Å². The quantitative estimate of drug-likeness (QED) is 0.736. The molecular formula is C17H21F3N2O. The van der Waals surface area contributed by atoms with Gasteiger partial charge in [-0.3, -0.25) is 0 Å². The van der Waals surface area contributed by atoms with Gasteiger partial charge in [0, 0.05) is 18.3 Å². The first-order valence-corrected chi connectivity index (χ1v) is 8.10. The highest BCUT2D eigenvalue weighted by Gasteiger charge is 2.40. The zero-order valence-electron chi connectivity index (χ0n) is 13.2. The van der Waals surface area contributed by atoms with E-state index in [9.17, 15) is 18.4 Å². The molecule has 126 valence electrons. The van der Waals surface area contributed by atoms with Crippen molar-refractivity contribution in [3.8, 4) is 6.07 Å². The van der Waals surface area contributed by atoms with Crippen molar-refractivity contribution in [3.63, 3.8) is 0 Å². The first-order valence-electron chi connectivity index (χ1n) is 8.10. The van der Waals surface area contributed by atoms with E-state index in [-0.39, 0.29) is 5.92 Å². The van der Waals surface area contributed by atoms with E-state index in [4.69, 9.17) is 4.74 Å². The Morgan fingerprint density at radius 1 is 1.30 bits per heavy atom. The smallest absolute Gasteiger partial charge is 0.422 e. The van der Waals surface area contributed by atoms with Crippen LogP contribution in [0.2, 0.25) is 0 Å². The van der Waals surface area contributed by atoms with Crippen molar-refractivity contribution in [1.29, 1.82) is 5.26 Å². The number of rotatable bonds is 6. The van der Waals surface area contributed by atoms with Crippen molar-refractivity contribution in [3.05, 3.63) is 23.6 Å². The second kappa shape index (κ2) is 5.77. The number of hydrogen-bond donors (Lipinski definition) is 0. The van der Waals surface area contributed by atoms with Crippen molar-refractivity contribution in [2.45, 2.75) is 50.7 Å². The van der Waals surface area contributed by atoms with Crippen molar-refractivity contribution >= 4 is 0 Å². The molecule has 2 aliphatic carbocycles. The molecule has 0 saturated heterocycles. The number of ether oxygens (including phenoxy) is 1. The van der Waals surface area contributed by atoms with Crippen molar-refractivity contribution in [2.75, 3.05) is 13.2 Å². The van der Waals surface area contributed by atoms with E-state index in [0.29, 0.717) is 18.2 Å². The van der Waals surface area contributed by atoms with Crippen LogP contribution in [0.3, 0.4) is 0 Å². The number of halogens is 3. The largest absolute Gasteiger partial charge is 0.484 e. The average Bonchev–Trinajstić information content (AvgIpc) is 3.37. The second-order valence-corrected chi connectivity index (χ2v) is 7.02. The summed E-state index contributed by atoms with van der Waals surface area (Å²) in [4.78, 5) is 1.97. The first-order chi connectivity index (χ1) is 10.8. The molecule has 2 fully saturated rings. The molecule has 1 heterocycles. The van der Waals surface area contributed by atoms with E-state index < -0.39 is 18.3 Å². The predicted octanol–water partition coefficient (Wildman–Crippen LogP) is 4.14. The molecule has 2 saturated carbocycles. The summed E-state index contributed by atoms with van der Waals surface area (Å²) < 4.78 is 42.2. The summed E-state index contributed by atoms with van der Waals surface area (Å²) in [5.41, 5.74) is 0.214. The maximum absolute atomic E-state index is 12.4. The third-order valence-corrected chi connectivity index (χ3v) is 4.72. The van der Waals surface area contributed by atoms with E-state index in [1.807, 2.05) is 18.0 Å². The molecule has 0 spiro atoms. The van der Waals surface area contributed by atoms with Crippen LogP contribution in [0.1, 0.15) is 39.0 Å². The minimum Gasteiger partial charge on any atom is -0.484 e. The van der Waals surface area contributed by atoms with Crippen LogP contribution in [-0.2, 0) is 4.74 Å². The fourth-order valence-corrected chi connectivity index (χ4v) is 3.04. The Hall–Kier alpha value is -1.64. The lowest BCUT2D eigenvalue weighted by molar-refractivity contribution is -0.164. The highest BCUT2D eigenvalue weighted by molar-refractivity contribution is 5.35. The van der Waals surface area contributed by atoms with Gasteiger partial charge >= 0.3 is 6.18 Å². The standard InChI is InChI=1S/C17H21F3N2O/c1-16(10-21,8-12-2-3-12)22-7-6-15(23-11-17(18,19)20)14(9-22)13-4-5-13/h6,9,12-13H,2-5,7-8,11H2,1H3. The van der Waals surface area contributed by atoms with E-state index in [2.05, 4.69) is 6.07 Å².